The minimum Gasteiger partial charge on any atom is -0.478 e. The minimum atomic E-state index is -1.36. The quantitative estimate of drug-likeness (QED) is 0.753. The van der Waals surface area contributed by atoms with Crippen molar-refractivity contribution in [1.82, 2.24) is 5.32 Å². The van der Waals surface area contributed by atoms with Crippen LogP contribution in [0.2, 0.25) is 0 Å². The molecule has 1 saturated carbocycles. The molecule has 3 N–H and O–H groups in total. The number of anilines is 1. The average molecular weight is 294 g/mol. The summed E-state index contributed by atoms with van der Waals surface area (Å²) in [6, 6.07) is 3.19. The summed E-state index contributed by atoms with van der Waals surface area (Å²) >= 11 is 0. The largest absolute Gasteiger partial charge is 0.478 e. The molecule has 1 unspecified atom stereocenters. The van der Waals surface area contributed by atoms with Crippen LogP contribution in [0.3, 0.4) is 0 Å². The molecular weight excluding hydrogens is 275 g/mol. The first-order valence-electron chi connectivity index (χ1n) is 7.10. The van der Waals surface area contributed by atoms with E-state index in [1.54, 1.807) is 0 Å². The van der Waals surface area contributed by atoms with Gasteiger partial charge in [0.15, 0.2) is 0 Å². The van der Waals surface area contributed by atoms with E-state index >= 15 is 0 Å². The molecule has 2 rings (SSSR count). The summed E-state index contributed by atoms with van der Waals surface area (Å²) in [7, 11) is 0. The predicted octanol–water partition coefficient (Wildman–Crippen LogP) is 3.22. The molecular formula is C15H19FN2O3. The van der Waals surface area contributed by atoms with Crippen molar-refractivity contribution < 1.29 is 19.1 Å². The summed E-state index contributed by atoms with van der Waals surface area (Å²) in [6.07, 6.45) is 4.25. The topological polar surface area (TPSA) is 78.4 Å². The summed E-state index contributed by atoms with van der Waals surface area (Å²) in [5.74, 6) is -1.48. The molecule has 2 amide bonds. The maximum atomic E-state index is 13.3. The van der Waals surface area contributed by atoms with Crippen molar-refractivity contribution in [2.75, 3.05) is 5.32 Å². The van der Waals surface area contributed by atoms with Crippen LogP contribution in [0, 0.1) is 11.7 Å². The molecule has 0 saturated heterocycles. The smallest absolute Gasteiger partial charge is 0.338 e. The molecule has 6 heteroatoms. The second-order valence-corrected chi connectivity index (χ2v) is 5.38. The Bertz CT molecular complexity index is 544. The summed E-state index contributed by atoms with van der Waals surface area (Å²) in [4.78, 5) is 22.7. The number of rotatable bonds is 6. The molecule has 1 aromatic rings. The summed E-state index contributed by atoms with van der Waals surface area (Å²) in [5.41, 5.74) is -0.203. The maximum Gasteiger partial charge on any atom is 0.338 e. The molecule has 1 aromatic carbocycles. The molecule has 0 spiro atoms. The van der Waals surface area contributed by atoms with Crippen molar-refractivity contribution in [2.24, 2.45) is 5.92 Å². The van der Waals surface area contributed by atoms with E-state index in [2.05, 4.69) is 10.6 Å². The van der Waals surface area contributed by atoms with Gasteiger partial charge < -0.3 is 15.7 Å². The number of aromatic carboxylic acids is 1. The first kappa shape index (κ1) is 15.3. The van der Waals surface area contributed by atoms with Crippen LogP contribution < -0.4 is 10.6 Å². The van der Waals surface area contributed by atoms with E-state index in [1.165, 1.54) is 18.9 Å². The van der Waals surface area contributed by atoms with Gasteiger partial charge in [-0.1, -0.05) is 19.8 Å². The van der Waals surface area contributed by atoms with Crippen LogP contribution in [0.5, 0.6) is 0 Å². The van der Waals surface area contributed by atoms with Crippen LogP contribution in [0.4, 0.5) is 14.9 Å². The van der Waals surface area contributed by atoms with Crippen molar-refractivity contribution in [2.45, 2.75) is 38.6 Å². The Morgan fingerprint density at radius 2 is 2.14 bits per heavy atom. The number of amides is 2. The van der Waals surface area contributed by atoms with Crippen molar-refractivity contribution in [3.63, 3.8) is 0 Å². The van der Waals surface area contributed by atoms with E-state index in [0.29, 0.717) is 5.92 Å². The number of carboxylic acid groups (broad SMARTS) is 1. The van der Waals surface area contributed by atoms with Crippen molar-refractivity contribution in [1.29, 1.82) is 0 Å². The van der Waals surface area contributed by atoms with E-state index in [1.807, 2.05) is 6.92 Å². The van der Waals surface area contributed by atoms with Gasteiger partial charge in [-0.05, 0) is 37.0 Å². The number of halogens is 1. The lowest BCUT2D eigenvalue weighted by Crippen LogP contribution is -2.37. The van der Waals surface area contributed by atoms with Crippen molar-refractivity contribution in [3.05, 3.63) is 29.6 Å². The molecule has 0 bridgehead atoms. The van der Waals surface area contributed by atoms with Gasteiger partial charge >= 0.3 is 12.0 Å². The molecule has 1 fully saturated rings. The lowest BCUT2D eigenvalue weighted by Gasteiger charge is -2.17. The Labute approximate surface area is 122 Å². The Hall–Kier alpha value is -2.11. The second kappa shape index (κ2) is 6.56. The first-order chi connectivity index (χ1) is 9.99. The van der Waals surface area contributed by atoms with Crippen LogP contribution in [0.1, 0.15) is 43.0 Å². The monoisotopic (exact) mass is 294 g/mol. The van der Waals surface area contributed by atoms with Gasteiger partial charge in [0.05, 0.1) is 5.56 Å². The molecule has 0 aromatic heterocycles. The molecule has 0 radical (unpaired) electrons. The predicted molar refractivity (Wildman–Crippen MR) is 76.9 cm³/mol. The highest BCUT2D eigenvalue weighted by Crippen LogP contribution is 2.34. The van der Waals surface area contributed by atoms with E-state index < -0.39 is 23.4 Å². The van der Waals surface area contributed by atoms with E-state index in [-0.39, 0.29) is 11.7 Å². The third-order valence-electron chi connectivity index (χ3n) is 3.60. The Morgan fingerprint density at radius 3 is 2.71 bits per heavy atom. The standard InChI is InChI=1S/C15H19FN2O3/c1-2-10(7-9-3-4-9)17-15(21)18-11-5-6-13(16)12(8-11)14(19)20/h5-6,8-10H,2-4,7H2,1H3,(H,19,20)(H2,17,18,21). The highest BCUT2D eigenvalue weighted by atomic mass is 19.1. The number of carbonyl (C=O) groups is 2. The summed E-state index contributed by atoms with van der Waals surface area (Å²) < 4.78 is 13.3. The highest BCUT2D eigenvalue weighted by molar-refractivity contribution is 5.93. The molecule has 1 atom stereocenters. The van der Waals surface area contributed by atoms with Crippen molar-refractivity contribution in [3.8, 4) is 0 Å². The molecule has 114 valence electrons. The maximum absolute atomic E-state index is 13.3. The van der Waals surface area contributed by atoms with Gasteiger partial charge in [-0.3, -0.25) is 0 Å². The Morgan fingerprint density at radius 1 is 1.43 bits per heavy atom. The molecule has 0 heterocycles. The van der Waals surface area contributed by atoms with Crippen LogP contribution in [0.15, 0.2) is 18.2 Å². The zero-order valence-electron chi connectivity index (χ0n) is 11.9. The molecule has 1 aliphatic carbocycles. The van der Waals surface area contributed by atoms with Crippen LogP contribution >= 0.6 is 0 Å². The van der Waals surface area contributed by atoms with Gasteiger partial charge in [-0.25, -0.2) is 14.0 Å². The van der Waals surface area contributed by atoms with Gasteiger partial charge in [-0.2, -0.15) is 0 Å². The van der Waals surface area contributed by atoms with Crippen LogP contribution in [0.25, 0.3) is 0 Å². The number of nitrogens with one attached hydrogen (secondary N) is 2. The fraction of sp³-hybridized carbons (Fsp3) is 0.467. The first-order valence-corrected chi connectivity index (χ1v) is 7.10. The Balaban J connectivity index is 1.95. The number of urea groups is 1. The molecule has 0 aliphatic heterocycles. The Kier molecular flexibility index (Phi) is 4.77. The normalized spacial score (nSPS) is 15.3. The lowest BCUT2D eigenvalue weighted by molar-refractivity contribution is 0.0692. The average Bonchev–Trinajstić information content (AvgIpc) is 3.23. The van der Waals surface area contributed by atoms with E-state index in [0.717, 1.165) is 25.0 Å². The summed E-state index contributed by atoms with van der Waals surface area (Å²) in [5, 5.41) is 14.2. The van der Waals surface area contributed by atoms with Gasteiger partial charge in [0.2, 0.25) is 0 Å². The minimum absolute atomic E-state index is 0.108. The third kappa shape index (κ3) is 4.44. The number of hydrogen-bond donors (Lipinski definition) is 3. The summed E-state index contributed by atoms with van der Waals surface area (Å²) in [6.45, 7) is 2.01. The zero-order chi connectivity index (χ0) is 15.4. The van der Waals surface area contributed by atoms with Crippen molar-refractivity contribution >= 4 is 17.7 Å². The van der Waals surface area contributed by atoms with E-state index in [4.69, 9.17) is 5.11 Å². The fourth-order valence-corrected chi connectivity index (χ4v) is 2.20. The SMILES string of the molecule is CCC(CC1CC1)NC(=O)Nc1ccc(F)c(C(=O)O)c1. The number of hydrogen-bond acceptors (Lipinski definition) is 2. The number of carbonyl (C=O) groups excluding carboxylic acids is 1. The highest BCUT2D eigenvalue weighted by Gasteiger charge is 2.25. The van der Waals surface area contributed by atoms with E-state index in [9.17, 15) is 14.0 Å². The number of benzene rings is 1. The molecule has 21 heavy (non-hydrogen) atoms. The molecule has 5 nitrogen and oxygen atoms in total. The molecule has 1 aliphatic rings. The van der Waals surface area contributed by atoms with Crippen LogP contribution in [-0.2, 0) is 0 Å². The van der Waals surface area contributed by atoms with Gasteiger partial charge in [-0.15, -0.1) is 0 Å². The van der Waals surface area contributed by atoms with Gasteiger partial charge in [0.1, 0.15) is 5.82 Å². The lowest BCUT2D eigenvalue weighted by atomic mass is 10.1. The zero-order valence-corrected chi connectivity index (χ0v) is 11.9. The van der Waals surface area contributed by atoms with Gasteiger partial charge in [0, 0.05) is 11.7 Å². The van der Waals surface area contributed by atoms with Gasteiger partial charge in [0.25, 0.3) is 0 Å². The fourth-order valence-electron chi connectivity index (χ4n) is 2.20. The third-order valence-corrected chi connectivity index (χ3v) is 3.60. The second-order valence-electron chi connectivity index (χ2n) is 5.38. The number of carboxylic acids is 1. The van der Waals surface area contributed by atoms with Crippen LogP contribution in [-0.4, -0.2) is 23.1 Å².